The number of carbonyl (C=O) groups excluding carboxylic acids is 1. The highest BCUT2D eigenvalue weighted by Crippen LogP contribution is 2.33. The van der Waals surface area contributed by atoms with Gasteiger partial charge in [-0.2, -0.15) is 0 Å². The molecule has 1 aromatic carbocycles. The number of hydrogen-bond donors (Lipinski definition) is 2. The fourth-order valence-electron chi connectivity index (χ4n) is 2.29. The van der Waals surface area contributed by atoms with E-state index in [1.807, 2.05) is 12.1 Å². The number of carbonyl (C=O) groups is 1. The summed E-state index contributed by atoms with van der Waals surface area (Å²) in [7, 11) is 1.85. The topological polar surface area (TPSA) is 57.3 Å². The van der Waals surface area contributed by atoms with Gasteiger partial charge in [-0.05, 0) is 24.3 Å². The third kappa shape index (κ3) is 2.10. The minimum Gasteiger partial charge on any atom is -0.363 e. The number of aldehydes is 1. The fraction of sp³-hybridized carbons (Fsp3) is 0.143. The first kappa shape index (κ1) is 12.6. The molecule has 2 aromatic rings. The Bertz CT molecular complexity index is 661. The van der Waals surface area contributed by atoms with Gasteiger partial charge in [0.2, 0.25) is 0 Å². The van der Waals surface area contributed by atoms with Crippen molar-refractivity contribution in [1.82, 2.24) is 10.4 Å². The predicted molar refractivity (Wildman–Crippen MR) is 73.9 cm³/mol. The van der Waals surface area contributed by atoms with Gasteiger partial charge in [0, 0.05) is 24.4 Å². The van der Waals surface area contributed by atoms with Crippen molar-refractivity contribution in [3.8, 4) is 0 Å². The van der Waals surface area contributed by atoms with Crippen molar-refractivity contribution >= 4 is 17.7 Å². The lowest BCUT2D eigenvalue weighted by Gasteiger charge is -2.18. The predicted octanol–water partition coefficient (Wildman–Crippen LogP) is 2.10. The molecule has 2 N–H and O–H groups in total. The number of fused-ring (bicyclic) bond motifs is 1. The summed E-state index contributed by atoms with van der Waals surface area (Å²) < 4.78 is 13.4. The zero-order valence-corrected chi connectivity index (χ0v) is 10.8. The summed E-state index contributed by atoms with van der Waals surface area (Å²) in [6.07, 6.45) is 3.57. The van der Waals surface area contributed by atoms with Gasteiger partial charge in [0.25, 0.3) is 0 Å². The van der Waals surface area contributed by atoms with E-state index in [2.05, 4.69) is 15.7 Å². The minimum atomic E-state index is -0.311. The summed E-state index contributed by atoms with van der Waals surface area (Å²) in [5, 5.41) is 4.97. The molecule has 0 bridgehead atoms. The Hall–Kier alpha value is -2.47. The number of nitrogens with zero attached hydrogens (tertiary/aromatic N) is 2. The van der Waals surface area contributed by atoms with E-state index in [0.717, 1.165) is 17.5 Å². The van der Waals surface area contributed by atoms with Gasteiger partial charge in [-0.15, -0.1) is 0 Å². The SMILES string of the molecule is CN1NC(Nc2cnccc2C=O)c2cc(F)ccc21. The lowest BCUT2D eigenvalue weighted by atomic mass is 10.1. The van der Waals surface area contributed by atoms with Crippen LogP contribution in [0.4, 0.5) is 15.8 Å². The van der Waals surface area contributed by atoms with Gasteiger partial charge in [-0.25, -0.2) is 9.82 Å². The molecule has 1 aliphatic rings. The van der Waals surface area contributed by atoms with E-state index in [4.69, 9.17) is 0 Å². The van der Waals surface area contributed by atoms with Crippen LogP contribution in [0.15, 0.2) is 36.7 Å². The molecule has 0 radical (unpaired) electrons. The van der Waals surface area contributed by atoms with Gasteiger partial charge < -0.3 is 10.3 Å². The average molecular weight is 272 g/mol. The maximum atomic E-state index is 13.4. The second-order valence-corrected chi connectivity index (χ2v) is 4.55. The van der Waals surface area contributed by atoms with Crippen molar-refractivity contribution in [3.63, 3.8) is 0 Å². The summed E-state index contributed by atoms with van der Waals surface area (Å²) in [4.78, 5) is 15.0. The van der Waals surface area contributed by atoms with Crippen LogP contribution >= 0.6 is 0 Å². The molecule has 1 unspecified atom stereocenters. The standard InChI is InChI=1S/C14H13FN4O/c1-19-13-3-2-10(15)6-11(13)14(18-19)17-12-7-16-5-4-9(12)8-20/h2-8,14,17-18H,1H3. The number of pyridine rings is 1. The molecule has 0 saturated carbocycles. The maximum Gasteiger partial charge on any atom is 0.152 e. The van der Waals surface area contributed by atoms with Gasteiger partial charge in [0.1, 0.15) is 12.0 Å². The summed E-state index contributed by atoms with van der Waals surface area (Å²) in [6.45, 7) is 0. The number of nitrogens with one attached hydrogen (secondary N) is 2. The Kier molecular flexibility index (Phi) is 3.08. The third-order valence-electron chi connectivity index (χ3n) is 3.27. The molecule has 1 atom stereocenters. The van der Waals surface area contributed by atoms with Gasteiger partial charge in [0.05, 0.1) is 17.6 Å². The molecule has 0 amide bonds. The van der Waals surface area contributed by atoms with E-state index < -0.39 is 0 Å². The van der Waals surface area contributed by atoms with Crippen LogP contribution in [0, 0.1) is 5.82 Å². The Morgan fingerprint density at radius 1 is 1.45 bits per heavy atom. The highest BCUT2D eigenvalue weighted by molar-refractivity contribution is 5.83. The molecule has 1 aromatic heterocycles. The Balaban J connectivity index is 1.94. The molecule has 3 rings (SSSR count). The number of rotatable bonds is 3. The Labute approximate surface area is 115 Å². The average Bonchev–Trinajstić information content (AvgIpc) is 2.75. The molecule has 0 spiro atoms. The van der Waals surface area contributed by atoms with Crippen LogP contribution in [0.3, 0.4) is 0 Å². The van der Waals surface area contributed by atoms with Crippen molar-refractivity contribution < 1.29 is 9.18 Å². The van der Waals surface area contributed by atoms with Crippen molar-refractivity contribution in [3.05, 3.63) is 53.6 Å². The van der Waals surface area contributed by atoms with E-state index in [-0.39, 0.29) is 12.0 Å². The smallest absolute Gasteiger partial charge is 0.152 e. The first-order valence-corrected chi connectivity index (χ1v) is 6.14. The molecule has 102 valence electrons. The molecular weight excluding hydrogens is 259 g/mol. The largest absolute Gasteiger partial charge is 0.363 e. The van der Waals surface area contributed by atoms with Crippen LogP contribution in [0.25, 0.3) is 0 Å². The highest BCUT2D eigenvalue weighted by atomic mass is 19.1. The molecule has 6 heteroatoms. The van der Waals surface area contributed by atoms with E-state index in [0.29, 0.717) is 11.3 Å². The minimum absolute atomic E-state index is 0.297. The molecule has 5 nitrogen and oxygen atoms in total. The number of hydrogen-bond acceptors (Lipinski definition) is 5. The maximum absolute atomic E-state index is 13.4. The highest BCUT2D eigenvalue weighted by Gasteiger charge is 2.26. The second kappa shape index (κ2) is 4.90. The number of anilines is 2. The molecule has 0 aliphatic carbocycles. The molecule has 1 aliphatic heterocycles. The van der Waals surface area contributed by atoms with Gasteiger partial charge >= 0.3 is 0 Å². The number of hydrazine groups is 1. The van der Waals surface area contributed by atoms with Crippen LogP contribution < -0.4 is 15.8 Å². The first-order valence-electron chi connectivity index (χ1n) is 6.14. The zero-order chi connectivity index (χ0) is 14.1. The van der Waals surface area contributed by atoms with Crippen molar-refractivity contribution in [2.24, 2.45) is 0 Å². The fourth-order valence-corrected chi connectivity index (χ4v) is 2.29. The van der Waals surface area contributed by atoms with Gasteiger partial charge in [0.15, 0.2) is 6.29 Å². The van der Waals surface area contributed by atoms with E-state index in [1.54, 1.807) is 24.5 Å². The van der Waals surface area contributed by atoms with Crippen molar-refractivity contribution in [1.29, 1.82) is 0 Å². The molecule has 20 heavy (non-hydrogen) atoms. The monoisotopic (exact) mass is 272 g/mol. The van der Waals surface area contributed by atoms with E-state index >= 15 is 0 Å². The summed E-state index contributed by atoms with van der Waals surface area (Å²) in [5.74, 6) is -0.297. The molecular formula is C14H13FN4O. The number of aromatic nitrogens is 1. The number of benzene rings is 1. The second-order valence-electron chi connectivity index (χ2n) is 4.55. The van der Waals surface area contributed by atoms with E-state index in [1.165, 1.54) is 12.1 Å². The summed E-state index contributed by atoms with van der Waals surface area (Å²) in [5.41, 5.74) is 5.94. The normalized spacial score (nSPS) is 16.9. The Morgan fingerprint density at radius 3 is 3.10 bits per heavy atom. The summed E-state index contributed by atoms with van der Waals surface area (Å²) in [6, 6.07) is 6.23. The molecule has 0 saturated heterocycles. The van der Waals surface area contributed by atoms with Crippen LogP contribution in [0.2, 0.25) is 0 Å². The van der Waals surface area contributed by atoms with Crippen LogP contribution in [0.5, 0.6) is 0 Å². The molecule has 2 heterocycles. The van der Waals surface area contributed by atoms with E-state index in [9.17, 15) is 9.18 Å². The molecule has 0 fully saturated rings. The van der Waals surface area contributed by atoms with Crippen LogP contribution in [-0.4, -0.2) is 18.3 Å². The zero-order valence-electron chi connectivity index (χ0n) is 10.8. The van der Waals surface area contributed by atoms with Gasteiger partial charge in [-0.3, -0.25) is 9.78 Å². The van der Waals surface area contributed by atoms with Gasteiger partial charge in [-0.1, -0.05) is 0 Å². The first-order chi connectivity index (χ1) is 9.69. The Morgan fingerprint density at radius 2 is 2.30 bits per heavy atom. The third-order valence-corrected chi connectivity index (χ3v) is 3.27. The quantitative estimate of drug-likeness (QED) is 0.838. The van der Waals surface area contributed by atoms with Crippen LogP contribution in [-0.2, 0) is 0 Å². The van der Waals surface area contributed by atoms with Crippen molar-refractivity contribution in [2.75, 3.05) is 17.4 Å². The number of halogens is 1. The van der Waals surface area contributed by atoms with Crippen LogP contribution in [0.1, 0.15) is 22.1 Å². The summed E-state index contributed by atoms with van der Waals surface area (Å²) >= 11 is 0. The van der Waals surface area contributed by atoms with Crippen molar-refractivity contribution in [2.45, 2.75) is 6.17 Å². The lowest BCUT2D eigenvalue weighted by Crippen LogP contribution is -2.33. The lowest BCUT2D eigenvalue weighted by molar-refractivity contribution is 0.112.